The van der Waals surface area contributed by atoms with Crippen LogP contribution in [0.5, 0.6) is 0 Å². The second-order valence-corrected chi connectivity index (χ2v) is 4.50. The van der Waals surface area contributed by atoms with Gasteiger partial charge >= 0.3 is 5.97 Å². The van der Waals surface area contributed by atoms with Crippen LogP contribution >= 0.6 is 0 Å². The molecule has 1 aromatic heterocycles. The molecule has 0 spiro atoms. The van der Waals surface area contributed by atoms with Crippen molar-refractivity contribution in [3.63, 3.8) is 0 Å². The summed E-state index contributed by atoms with van der Waals surface area (Å²) in [7, 11) is 0. The molecule has 0 aliphatic rings. The minimum Gasteiger partial charge on any atom is -0.458 e. The number of aromatic nitrogens is 1. The summed E-state index contributed by atoms with van der Waals surface area (Å²) in [4.78, 5) is 15.3. The van der Waals surface area contributed by atoms with Gasteiger partial charge in [-0.1, -0.05) is 0 Å². The van der Waals surface area contributed by atoms with E-state index in [2.05, 4.69) is 4.98 Å². The molecule has 0 saturated heterocycles. The molecule has 4 nitrogen and oxygen atoms in total. The number of rotatable bonds is 4. The van der Waals surface area contributed by atoms with Crippen LogP contribution in [-0.2, 0) is 16.0 Å². The Kier molecular flexibility index (Phi) is 4.01. The highest BCUT2D eigenvalue weighted by Gasteiger charge is 2.24. The van der Waals surface area contributed by atoms with Gasteiger partial charge in [-0.15, -0.1) is 0 Å². The van der Waals surface area contributed by atoms with Crippen LogP contribution in [0.1, 0.15) is 26.3 Å². The number of nitrogens with two attached hydrogens (primary N) is 1. The smallest absolute Gasteiger partial charge is 0.323 e. The molecule has 2 N–H and O–H groups in total. The van der Waals surface area contributed by atoms with Crippen LogP contribution in [0.2, 0.25) is 0 Å². The van der Waals surface area contributed by atoms with Crippen molar-refractivity contribution in [1.29, 1.82) is 0 Å². The van der Waals surface area contributed by atoms with Crippen LogP contribution < -0.4 is 5.73 Å². The number of ether oxygens (including phenoxy) is 1. The number of nitrogens with zero attached hydrogens (tertiary/aromatic N) is 1. The number of hydrogen-bond acceptors (Lipinski definition) is 4. The standard InChI is InChI=1S/C12H18N2O2/c1-9(13)11(15)16-12(2,3)8-10-4-6-14-7-5-10/h4-7,9H,8,13H2,1-3H3. The Labute approximate surface area is 95.8 Å². The summed E-state index contributed by atoms with van der Waals surface area (Å²) in [5, 5.41) is 0. The predicted molar refractivity (Wildman–Crippen MR) is 61.8 cm³/mol. The highest BCUT2D eigenvalue weighted by molar-refractivity contribution is 5.75. The van der Waals surface area contributed by atoms with Gasteiger partial charge in [-0.05, 0) is 38.5 Å². The van der Waals surface area contributed by atoms with Gasteiger partial charge in [0.2, 0.25) is 0 Å². The summed E-state index contributed by atoms with van der Waals surface area (Å²) in [6, 6.07) is 3.22. The summed E-state index contributed by atoms with van der Waals surface area (Å²) in [6.07, 6.45) is 4.09. The maximum absolute atomic E-state index is 11.4. The first-order valence-corrected chi connectivity index (χ1v) is 5.28. The van der Waals surface area contributed by atoms with Gasteiger partial charge in [-0.3, -0.25) is 9.78 Å². The minimum absolute atomic E-state index is 0.376. The zero-order valence-corrected chi connectivity index (χ0v) is 9.93. The molecule has 1 aromatic rings. The van der Waals surface area contributed by atoms with Crippen molar-refractivity contribution in [2.24, 2.45) is 5.73 Å². The first-order chi connectivity index (χ1) is 7.41. The van der Waals surface area contributed by atoms with Crippen LogP contribution in [0, 0.1) is 0 Å². The molecule has 0 radical (unpaired) electrons. The number of pyridine rings is 1. The SMILES string of the molecule is CC(N)C(=O)OC(C)(C)Cc1ccncc1. The van der Waals surface area contributed by atoms with Crippen molar-refractivity contribution < 1.29 is 9.53 Å². The number of carbonyl (C=O) groups is 1. The van der Waals surface area contributed by atoms with E-state index in [0.29, 0.717) is 6.42 Å². The molecular weight excluding hydrogens is 204 g/mol. The lowest BCUT2D eigenvalue weighted by Crippen LogP contribution is -2.38. The quantitative estimate of drug-likeness (QED) is 0.780. The molecule has 1 rings (SSSR count). The first-order valence-electron chi connectivity index (χ1n) is 5.28. The van der Waals surface area contributed by atoms with Crippen molar-refractivity contribution in [3.8, 4) is 0 Å². The molecule has 1 atom stereocenters. The lowest BCUT2D eigenvalue weighted by atomic mass is 9.99. The molecule has 1 heterocycles. The van der Waals surface area contributed by atoms with Crippen molar-refractivity contribution in [3.05, 3.63) is 30.1 Å². The van der Waals surface area contributed by atoms with Gasteiger partial charge in [-0.2, -0.15) is 0 Å². The Bertz CT molecular complexity index is 347. The molecular formula is C12H18N2O2. The highest BCUT2D eigenvalue weighted by Crippen LogP contribution is 2.17. The van der Waals surface area contributed by atoms with Gasteiger partial charge in [-0.25, -0.2) is 0 Å². The van der Waals surface area contributed by atoms with E-state index in [1.54, 1.807) is 19.3 Å². The minimum atomic E-state index is -0.586. The van der Waals surface area contributed by atoms with E-state index < -0.39 is 11.6 Å². The van der Waals surface area contributed by atoms with E-state index in [1.807, 2.05) is 26.0 Å². The Morgan fingerprint density at radius 1 is 1.50 bits per heavy atom. The van der Waals surface area contributed by atoms with Crippen molar-refractivity contribution in [1.82, 2.24) is 4.98 Å². The van der Waals surface area contributed by atoms with Crippen LogP contribution in [0.4, 0.5) is 0 Å². The second kappa shape index (κ2) is 5.07. The van der Waals surface area contributed by atoms with E-state index in [0.717, 1.165) is 5.56 Å². The molecule has 0 saturated carbocycles. The van der Waals surface area contributed by atoms with Crippen molar-refractivity contribution >= 4 is 5.97 Å². The summed E-state index contributed by atoms with van der Waals surface area (Å²) in [6.45, 7) is 5.35. The first kappa shape index (κ1) is 12.6. The van der Waals surface area contributed by atoms with Crippen LogP contribution in [-0.4, -0.2) is 22.6 Å². The average Bonchev–Trinajstić information content (AvgIpc) is 2.17. The zero-order valence-electron chi connectivity index (χ0n) is 9.93. The predicted octanol–water partition coefficient (Wildman–Crippen LogP) is 1.29. The second-order valence-electron chi connectivity index (χ2n) is 4.50. The Balaban J connectivity index is 2.62. The fourth-order valence-corrected chi connectivity index (χ4v) is 1.39. The Morgan fingerprint density at radius 2 is 2.06 bits per heavy atom. The maximum atomic E-state index is 11.4. The highest BCUT2D eigenvalue weighted by atomic mass is 16.6. The lowest BCUT2D eigenvalue weighted by molar-refractivity contribution is -0.157. The molecule has 0 aromatic carbocycles. The van der Waals surface area contributed by atoms with Crippen LogP contribution in [0.3, 0.4) is 0 Å². The number of hydrogen-bond donors (Lipinski definition) is 1. The van der Waals surface area contributed by atoms with E-state index in [-0.39, 0.29) is 5.97 Å². The number of carbonyl (C=O) groups excluding carboxylic acids is 1. The fraction of sp³-hybridized carbons (Fsp3) is 0.500. The summed E-state index contributed by atoms with van der Waals surface area (Å²) >= 11 is 0. The molecule has 0 bridgehead atoms. The van der Waals surface area contributed by atoms with E-state index in [9.17, 15) is 4.79 Å². The van der Waals surface area contributed by atoms with Gasteiger partial charge in [0.25, 0.3) is 0 Å². The van der Waals surface area contributed by atoms with Gasteiger partial charge in [0.1, 0.15) is 11.6 Å². The van der Waals surface area contributed by atoms with Crippen LogP contribution in [0.15, 0.2) is 24.5 Å². The van der Waals surface area contributed by atoms with Gasteiger partial charge in [0, 0.05) is 18.8 Å². The molecule has 0 fully saturated rings. The molecule has 0 aliphatic carbocycles. The third-order valence-electron chi connectivity index (χ3n) is 2.13. The maximum Gasteiger partial charge on any atom is 0.323 e. The molecule has 88 valence electrons. The largest absolute Gasteiger partial charge is 0.458 e. The molecule has 16 heavy (non-hydrogen) atoms. The van der Waals surface area contributed by atoms with Gasteiger partial charge in [0.05, 0.1) is 0 Å². The Hall–Kier alpha value is -1.42. The fourth-order valence-electron chi connectivity index (χ4n) is 1.39. The normalized spacial score (nSPS) is 13.2. The number of esters is 1. The Morgan fingerprint density at radius 3 is 2.56 bits per heavy atom. The monoisotopic (exact) mass is 222 g/mol. The van der Waals surface area contributed by atoms with Crippen molar-refractivity contribution in [2.45, 2.75) is 38.8 Å². The summed E-state index contributed by atoms with van der Waals surface area (Å²) in [5.74, 6) is -0.376. The zero-order chi connectivity index (χ0) is 12.2. The summed E-state index contributed by atoms with van der Waals surface area (Å²) in [5.41, 5.74) is 5.98. The summed E-state index contributed by atoms with van der Waals surface area (Å²) < 4.78 is 5.32. The molecule has 0 aliphatic heterocycles. The van der Waals surface area contributed by atoms with Gasteiger partial charge in [0.15, 0.2) is 0 Å². The third-order valence-corrected chi connectivity index (χ3v) is 2.13. The van der Waals surface area contributed by atoms with E-state index >= 15 is 0 Å². The van der Waals surface area contributed by atoms with E-state index in [4.69, 9.17) is 10.5 Å². The third kappa shape index (κ3) is 3.98. The van der Waals surface area contributed by atoms with Crippen LogP contribution in [0.25, 0.3) is 0 Å². The molecule has 0 amide bonds. The molecule has 1 unspecified atom stereocenters. The van der Waals surface area contributed by atoms with Crippen molar-refractivity contribution in [2.75, 3.05) is 0 Å². The lowest BCUT2D eigenvalue weighted by Gasteiger charge is -2.26. The van der Waals surface area contributed by atoms with Gasteiger partial charge < -0.3 is 10.5 Å². The topological polar surface area (TPSA) is 65.2 Å². The molecule has 4 heteroatoms. The average molecular weight is 222 g/mol. The van der Waals surface area contributed by atoms with E-state index in [1.165, 1.54) is 0 Å².